The molecule has 0 saturated heterocycles. The maximum absolute atomic E-state index is 9.29. The van der Waals surface area contributed by atoms with Gasteiger partial charge in [0.25, 0.3) is 0 Å². The summed E-state index contributed by atoms with van der Waals surface area (Å²) in [6, 6.07) is 44.2. The molecular formula is C75H98O4. The molecule has 6 aromatic carbocycles. The van der Waals surface area contributed by atoms with Gasteiger partial charge in [-0.25, -0.2) is 0 Å². The first-order valence-corrected chi connectivity index (χ1v) is 32.2. The van der Waals surface area contributed by atoms with Gasteiger partial charge in [-0.1, -0.05) is 192 Å². The highest BCUT2D eigenvalue weighted by Crippen LogP contribution is 2.60. The van der Waals surface area contributed by atoms with E-state index < -0.39 is 0 Å². The number of aliphatic hydroxyl groups is 2. The summed E-state index contributed by atoms with van der Waals surface area (Å²) in [5.74, 6) is 1.99. The predicted molar refractivity (Wildman–Crippen MR) is 335 cm³/mol. The maximum Gasteiger partial charge on any atom is 0.119 e. The number of hydrogen-bond acceptors (Lipinski definition) is 4. The normalized spacial score (nSPS) is 14.6. The van der Waals surface area contributed by atoms with E-state index >= 15 is 0 Å². The fourth-order valence-electron chi connectivity index (χ4n) is 14.7. The van der Waals surface area contributed by atoms with Crippen molar-refractivity contribution in [2.24, 2.45) is 0 Å². The number of hydrogen-bond donors (Lipinski definition) is 2. The molecule has 0 saturated carbocycles. The van der Waals surface area contributed by atoms with Gasteiger partial charge in [0.05, 0.1) is 13.2 Å². The monoisotopic (exact) mass is 1060 g/mol. The Hall–Kier alpha value is -5.16. The van der Waals surface area contributed by atoms with Crippen molar-refractivity contribution in [3.8, 4) is 67.1 Å². The third-order valence-electron chi connectivity index (χ3n) is 19.1. The van der Waals surface area contributed by atoms with E-state index in [0.29, 0.717) is 13.2 Å². The van der Waals surface area contributed by atoms with Crippen molar-refractivity contribution in [3.05, 3.63) is 143 Å². The van der Waals surface area contributed by atoms with E-state index in [4.69, 9.17) is 9.47 Å². The van der Waals surface area contributed by atoms with Crippen molar-refractivity contribution in [3.63, 3.8) is 0 Å². The van der Waals surface area contributed by atoms with Gasteiger partial charge in [0.15, 0.2) is 0 Å². The second kappa shape index (κ2) is 27.5. The molecule has 0 aliphatic heterocycles. The van der Waals surface area contributed by atoms with Crippen molar-refractivity contribution in [2.45, 2.75) is 225 Å². The Bertz CT molecular complexity index is 2730. The van der Waals surface area contributed by atoms with Crippen LogP contribution in [0.15, 0.2) is 109 Å². The molecule has 0 aromatic heterocycles. The minimum atomic E-state index is -0.0644. The summed E-state index contributed by atoms with van der Waals surface area (Å²) in [6.07, 6.45) is 29.2. The number of ether oxygens (including phenoxy) is 2. The lowest BCUT2D eigenvalue weighted by Gasteiger charge is -2.34. The Balaban J connectivity index is 1.09. The molecule has 6 aromatic rings. The lowest BCUT2D eigenvalue weighted by atomic mass is 9.69. The van der Waals surface area contributed by atoms with Crippen molar-refractivity contribution in [1.29, 1.82) is 0 Å². The molecule has 0 heterocycles. The van der Waals surface area contributed by atoms with Gasteiger partial charge in [-0.15, -0.1) is 0 Å². The predicted octanol–water partition coefficient (Wildman–Crippen LogP) is 20.8. The van der Waals surface area contributed by atoms with Gasteiger partial charge in [0.1, 0.15) is 11.5 Å². The Kier molecular flexibility index (Phi) is 20.4. The molecule has 0 spiro atoms. The van der Waals surface area contributed by atoms with Crippen molar-refractivity contribution in [2.75, 3.05) is 26.4 Å². The standard InChI is InChI=1S/C75H98O4/c1-7-13-39-73(40-14-8-2)67-49-55(57-29-35-63-65-37-31-59(78-47-25-21-19-23-45-76)53-71(65)74(41-15-9-3,42-16-10-4)69(63)51-57)27-33-61(67)62-34-28-56(50-68(62)73)58-30-36-64-66-38-32-60(79-48-26-22-20-24-46-77)54-72(66)75(43-17-11-5,44-18-12-6)70(64)52-58/h27-38,49-54,76-77H,7-26,39-48H2,1-6H3. The third-order valence-corrected chi connectivity index (χ3v) is 19.1. The molecule has 3 aliphatic carbocycles. The Morgan fingerprint density at radius 1 is 0.278 bits per heavy atom. The number of aliphatic hydroxyl groups excluding tert-OH is 2. The van der Waals surface area contributed by atoms with Gasteiger partial charge in [0.2, 0.25) is 0 Å². The largest absolute Gasteiger partial charge is 0.494 e. The first-order valence-electron chi connectivity index (χ1n) is 32.2. The quantitative estimate of drug-likeness (QED) is 0.0395. The van der Waals surface area contributed by atoms with E-state index in [1.807, 2.05) is 0 Å². The molecule has 0 unspecified atom stereocenters. The molecule has 79 heavy (non-hydrogen) atoms. The van der Waals surface area contributed by atoms with Gasteiger partial charge >= 0.3 is 0 Å². The average Bonchev–Trinajstić information content (AvgIpc) is 4.26. The SMILES string of the molecule is CCCCC1(CCCC)c2cc(OCCCCCCO)ccc2-c2ccc(-c3ccc4c(c3)C(CCCC)(CCCC)c3cc(-c5ccc6c(c5)C(CCCC)(CCCC)c5cc(OCCCCCCO)ccc5-6)ccc3-4)cc21. The first kappa shape index (κ1) is 58.5. The summed E-state index contributed by atoms with van der Waals surface area (Å²) >= 11 is 0. The maximum atomic E-state index is 9.29. The lowest BCUT2D eigenvalue weighted by Crippen LogP contribution is -2.26. The fourth-order valence-corrected chi connectivity index (χ4v) is 14.7. The fraction of sp³-hybridized carbons (Fsp3) is 0.520. The summed E-state index contributed by atoms with van der Waals surface area (Å²) in [5.41, 5.74) is 22.7. The zero-order valence-corrected chi connectivity index (χ0v) is 49.8. The summed E-state index contributed by atoms with van der Waals surface area (Å²) in [4.78, 5) is 0. The Labute approximate surface area is 478 Å². The van der Waals surface area contributed by atoms with Gasteiger partial charge in [0, 0.05) is 29.5 Å². The van der Waals surface area contributed by atoms with Crippen LogP contribution in [-0.2, 0) is 16.2 Å². The number of fused-ring (bicyclic) bond motifs is 9. The molecule has 0 amide bonds. The zero-order valence-electron chi connectivity index (χ0n) is 49.8. The van der Waals surface area contributed by atoms with E-state index in [2.05, 4.69) is 151 Å². The molecule has 4 nitrogen and oxygen atoms in total. The minimum absolute atomic E-state index is 0.0484. The van der Waals surface area contributed by atoms with Crippen molar-refractivity contribution >= 4 is 0 Å². The van der Waals surface area contributed by atoms with E-state index in [9.17, 15) is 10.2 Å². The molecule has 4 heteroatoms. The summed E-state index contributed by atoms with van der Waals surface area (Å²) < 4.78 is 13.0. The first-order chi connectivity index (χ1) is 38.8. The van der Waals surface area contributed by atoms with Crippen LogP contribution in [0, 0.1) is 0 Å². The highest BCUT2D eigenvalue weighted by Gasteiger charge is 2.46. The molecule has 0 bridgehead atoms. The second-order valence-electron chi connectivity index (χ2n) is 24.3. The van der Waals surface area contributed by atoms with E-state index in [1.54, 1.807) is 0 Å². The van der Waals surface area contributed by atoms with Crippen LogP contribution in [-0.4, -0.2) is 36.6 Å². The third kappa shape index (κ3) is 12.0. The van der Waals surface area contributed by atoms with Gasteiger partial charge in [-0.05, 0) is 215 Å². The molecule has 0 atom stereocenters. The van der Waals surface area contributed by atoms with E-state index in [1.165, 1.54) is 166 Å². The van der Waals surface area contributed by atoms with Gasteiger partial charge < -0.3 is 19.7 Å². The van der Waals surface area contributed by atoms with E-state index in [0.717, 1.165) is 101 Å². The summed E-state index contributed by atoms with van der Waals surface area (Å²) in [7, 11) is 0. The zero-order chi connectivity index (χ0) is 55.2. The van der Waals surface area contributed by atoms with Crippen LogP contribution in [0.5, 0.6) is 11.5 Å². The van der Waals surface area contributed by atoms with Crippen molar-refractivity contribution < 1.29 is 19.7 Å². The van der Waals surface area contributed by atoms with Crippen LogP contribution in [0.1, 0.15) is 242 Å². The Morgan fingerprint density at radius 2 is 0.519 bits per heavy atom. The van der Waals surface area contributed by atoms with Gasteiger partial charge in [-0.3, -0.25) is 0 Å². The molecule has 422 valence electrons. The van der Waals surface area contributed by atoms with Crippen LogP contribution in [0.3, 0.4) is 0 Å². The molecule has 2 N–H and O–H groups in total. The highest BCUT2D eigenvalue weighted by molar-refractivity contribution is 5.90. The van der Waals surface area contributed by atoms with Crippen molar-refractivity contribution in [1.82, 2.24) is 0 Å². The van der Waals surface area contributed by atoms with Crippen LogP contribution < -0.4 is 9.47 Å². The Morgan fingerprint density at radius 3 is 0.772 bits per heavy atom. The van der Waals surface area contributed by atoms with Crippen LogP contribution >= 0.6 is 0 Å². The highest BCUT2D eigenvalue weighted by atomic mass is 16.5. The molecule has 0 fully saturated rings. The topological polar surface area (TPSA) is 58.9 Å². The van der Waals surface area contributed by atoms with Crippen LogP contribution in [0.4, 0.5) is 0 Å². The van der Waals surface area contributed by atoms with Crippen LogP contribution in [0.2, 0.25) is 0 Å². The minimum Gasteiger partial charge on any atom is -0.494 e. The summed E-state index contributed by atoms with van der Waals surface area (Å²) in [5, 5.41) is 18.6. The number of rotatable bonds is 34. The molecule has 3 aliphatic rings. The smallest absolute Gasteiger partial charge is 0.119 e. The molecule has 0 radical (unpaired) electrons. The van der Waals surface area contributed by atoms with Gasteiger partial charge in [-0.2, -0.15) is 0 Å². The number of benzene rings is 6. The van der Waals surface area contributed by atoms with Crippen LogP contribution in [0.25, 0.3) is 55.6 Å². The molecule has 9 rings (SSSR count). The average molecular weight is 1060 g/mol. The number of unbranched alkanes of at least 4 members (excludes halogenated alkanes) is 12. The second-order valence-corrected chi connectivity index (χ2v) is 24.3. The lowest BCUT2D eigenvalue weighted by molar-refractivity contribution is 0.273. The molecular weight excluding hydrogens is 965 g/mol. The summed E-state index contributed by atoms with van der Waals surface area (Å²) in [6.45, 7) is 16.1. The van der Waals surface area contributed by atoms with E-state index in [-0.39, 0.29) is 29.5 Å².